The third-order valence-electron chi connectivity index (χ3n) is 4.04. The van der Waals surface area contributed by atoms with Gasteiger partial charge in [0, 0.05) is 18.1 Å². The number of esters is 1. The minimum Gasteiger partial charge on any atom is -0.468 e. The molecule has 2 saturated heterocycles. The molecule has 0 aromatic carbocycles. The van der Waals surface area contributed by atoms with E-state index in [1.807, 2.05) is 0 Å². The van der Waals surface area contributed by atoms with Crippen molar-refractivity contribution in [2.45, 2.75) is 57.2 Å². The highest BCUT2D eigenvalue weighted by Crippen LogP contribution is 2.29. The zero-order chi connectivity index (χ0) is 12.3. The van der Waals surface area contributed by atoms with Crippen LogP contribution in [0.5, 0.6) is 0 Å². The molecule has 0 saturated carbocycles. The number of ether oxygens (including phenoxy) is 1. The minimum absolute atomic E-state index is 0.107. The van der Waals surface area contributed by atoms with Crippen LogP contribution in [0, 0.1) is 0 Å². The highest BCUT2D eigenvalue weighted by Gasteiger charge is 2.36. The Morgan fingerprint density at radius 3 is 2.53 bits per heavy atom. The van der Waals surface area contributed by atoms with E-state index < -0.39 is 0 Å². The van der Waals surface area contributed by atoms with Crippen molar-refractivity contribution < 1.29 is 9.53 Å². The predicted molar refractivity (Wildman–Crippen MR) is 66.8 cm³/mol. The van der Waals surface area contributed by atoms with Gasteiger partial charge in [0.25, 0.3) is 0 Å². The monoisotopic (exact) mass is 240 g/mol. The molecule has 4 heteroatoms. The summed E-state index contributed by atoms with van der Waals surface area (Å²) in [6, 6.07) is 1.92. The summed E-state index contributed by atoms with van der Waals surface area (Å²) in [6.07, 6.45) is 6.08. The molecular weight excluding hydrogens is 216 g/mol. The van der Waals surface area contributed by atoms with Gasteiger partial charge in [-0.15, -0.1) is 0 Å². The molecular formula is C13H24N2O2. The van der Waals surface area contributed by atoms with Gasteiger partial charge in [0.1, 0.15) is 0 Å². The van der Waals surface area contributed by atoms with Crippen molar-refractivity contribution >= 4 is 5.97 Å². The Balaban J connectivity index is 1.93. The molecule has 2 aliphatic heterocycles. The van der Waals surface area contributed by atoms with E-state index in [9.17, 15) is 4.79 Å². The standard InChI is InChI=1S/C13H24N2O2/c1-3-6-15(9-13(16)17-2)12-7-10-4-5-11(8-12)14-10/h10-12,14H,3-9H2,1-2H3. The van der Waals surface area contributed by atoms with Crippen LogP contribution in [0.2, 0.25) is 0 Å². The summed E-state index contributed by atoms with van der Waals surface area (Å²) in [5.74, 6) is -0.107. The van der Waals surface area contributed by atoms with Gasteiger partial charge in [-0.2, -0.15) is 0 Å². The highest BCUT2D eigenvalue weighted by atomic mass is 16.5. The molecule has 98 valence electrons. The third-order valence-corrected chi connectivity index (χ3v) is 4.04. The highest BCUT2D eigenvalue weighted by molar-refractivity contribution is 5.71. The van der Waals surface area contributed by atoms with Crippen LogP contribution in [-0.4, -0.2) is 49.2 Å². The topological polar surface area (TPSA) is 41.6 Å². The van der Waals surface area contributed by atoms with Crippen molar-refractivity contribution in [1.82, 2.24) is 10.2 Å². The summed E-state index contributed by atoms with van der Waals surface area (Å²) in [7, 11) is 1.47. The third kappa shape index (κ3) is 3.19. The number of nitrogens with zero attached hydrogens (tertiary/aromatic N) is 1. The normalized spacial score (nSPS) is 31.8. The van der Waals surface area contributed by atoms with Gasteiger partial charge in [-0.3, -0.25) is 9.69 Å². The van der Waals surface area contributed by atoms with Crippen LogP contribution in [0.1, 0.15) is 39.0 Å². The second kappa shape index (κ2) is 5.83. The smallest absolute Gasteiger partial charge is 0.319 e. The summed E-state index contributed by atoms with van der Waals surface area (Å²) in [5, 5.41) is 3.64. The Kier molecular flexibility index (Phi) is 4.40. The molecule has 0 aliphatic carbocycles. The number of fused-ring (bicyclic) bond motifs is 2. The molecule has 4 nitrogen and oxygen atoms in total. The van der Waals surface area contributed by atoms with Crippen LogP contribution in [-0.2, 0) is 9.53 Å². The first kappa shape index (κ1) is 12.8. The van der Waals surface area contributed by atoms with Crippen LogP contribution in [0.25, 0.3) is 0 Å². The number of piperidine rings is 1. The fraction of sp³-hybridized carbons (Fsp3) is 0.923. The molecule has 1 N–H and O–H groups in total. The van der Waals surface area contributed by atoms with Crippen LogP contribution in [0.3, 0.4) is 0 Å². The summed E-state index contributed by atoms with van der Waals surface area (Å²) in [6.45, 7) is 3.62. The van der Waals surface area contributed by atoms with Crippen molar-refractivity contribution in [1.29, 1.82) is 0 Å². The Hall–Kier alpha value is -0.610. The maximum Gasteiger partial charge on any atom is 0.319 e. The molecule has 2 rings (SSSR count). The quantitative estimate of drug-likeness (QED) is 0.732. The number of hydrogen-bond donors (Lipinski definition) is 1. The fourth-order valence-corrected chi connectivity index (χ4v) is 3.23. The van der Waals surface area contributed by atoms with Crippen LogP contribution in [0.4, 0.5) is 0 Å². The van der Waals surface area contributed by atoms with Crippen molar-refractivity contribution in [3.05, 3.63) is 0 Å². The summed E-state index contributed by atoms with van der Waals surface area (Å²) in [4.78, 5) is 13.8. The van der Waals surface area contributed by atoms with Crippen LogP contribution >= 0.6 is 0 Å². The molecule has 0 aromatic heterocycles. The van der Waals surface area contributed by atoms with Crippen LogP contribution in [0.15, 0.2) is 0 Å². The Labute approximate surface area is 104 Å². The molecule has 2 unspecified atom stereocenters. The average Bonchev–Trinajstić information content (AvgIpc) is 2.67. The van der Waals surface area contributed by atoms with Gasteiger partial charge < -0.3 is 10.1 Å². The van der Waals surface area contributed by atoms with Crippen molar-refractivity contribution in [3.63, 3.8) is 0 Å². The van der Waals surface area contributed by atoms with Crippen molar-refractivity contribution in [2.24, 2.45) is 0 Å². The van der Waals surface area contributed by atoms with Gasteiger partial charge in [-0.05, 0) is 38.6 Å². The number of carbonyl (C=O) groups excluding carboxylic acids is 1. The fourth-order valence-electron chi connectivity index (χ4n) is 3.23. The number of rotatable bonds is 5. The van der Waals surface area contributed by atoms with Gasteiger partial charge in [0.05, 0.1) is 13.7 Å². The van der Waals surface area contributed by atoms with Crippen molar-refractivity contribution in [2.75, 3.05) is 20.2 Å². The van der Waals surface area contributed by atoms with Gasteiger partial charge in [-0.25, -0.2) is 0 Å². The van der Waals surface area contributed by atoms with E-state index >= 15 is 0 Å². The van der Waals surface area contributed by atoms with E-state index in [1.165, 1.54) is 32.8 Å². The lowest BCUT2D eigenvalue weighted by Gasteiger charge is -2.37. The largest absolute Gasteiger partial charge is 0.468 e. The maximum atomic E-state index is 11.4. The second-order valence-electron chi connectivity index (χ2n) is 5.31. The summed E-state index contributed by atoms with van der Waals surface area (Å²) >= 11 is 0. The molecule has 2 bridgehead atoms. The Morgan fingerprint density at radius 1 is 1.35 bits per heavy atom. The molecule has 0 radical (unpaired) electrons. The SMILES string of the molecule is CCCN(CC(=O)OC)C1CC2CCC(C1)N2. The first-order valence-electron chi connectivity index (χ1n) is 6.79. The summed E-state index contributed by atoms with van der Waals surface area (Å²) < 4.78 is 4.79. The van der Waals surface area contributed by atoms with E-state index in [2.05, 4.69) is 17.1 Å². The van der Waals surface area contributed by atoms with E-state index in [0.29, 0.717) is 24.7 Å². The van der Waals surface area contributed by atoms with Gasteiger partial charge in [0.2, 0.25) is 0 Å². The molecule has 2 atom stereocenters. The first-order chi connectivity index (χ1) is 8.22. The Bertz CT molecular complexity index is 258. The lowest BCUT2D eigenvalue weighted by molar-refractivity contribution is -0.142. The lowest BCUT2D eigenvalue weighted by atomic mass is 9.98. The van der Waals surface area contributed by atoms with E-state index in [-0.39, 0.29) is 5.97 Å². The Morgan fingerprint density at radius 2 is 2.00 bits per heavy atom. The van der Waals surface area contributed by atoms with E-state index in [0.717, 1.165) is 13.0 Å². The van der Waals surface area contributed by atoms with E-state index in [1.54, 1.807) is 0 Å². The zero-order valence-corrected chi connectivity index (χ0v) is 10.9. The molecule has 0 spiro atoms. The number of hydrogen-bond acceptors (Lipinski definition) is 4. The molecule has 2 heterocycles. The van der Waals surface area contributed by atoms with Gasteiger partial charge in [-0.1, -0.05) is 6.92 Å². The molecule has 17 heavy (non-hydrogen) atoms. The maximum absolute atomic E-state index is 11.4. The molecule has 2 aliphatic rings. The van der Waals surface area contributed by atoms with Crippen molar-refractivity contribution in [3.8, 4) is 0 Å². The van der Waals surface area contributed by atoms with Gasteiger partial charge >= 0.3 is 5.97 Å². The minimum atomic E-state index is -0.107. The molecule has 2 fully saturated rings. The second-order valence-corrected chi connectivity index (χ2v) is 5.31. The first-order valence-corrected chi connectivity index (χ1v) is 6.79. The number of methoxy groups -OCH3 is 1. The lowest BCUT2D eigenvalue weighted by Crippen LogP contribution is -2.49. The van der Waals surface area contributed by atoms with Gasteiger partial charge in [0.15, 0.2) is 0 Å². The predicted octanol–water partition coefficient (Wildman–Crippen LogP) is 1.15. The molecule has 0 amide bonds. The number of carbonyl (C=O) groups is 1. The van der Waals surface area contributed by atoms with Crippen LogP contribution < -0.4 is 5.32 Å². The average molecular weight is 240 g/mol. The summed E-state index contributed by atoms with van der Waals surface area (Å²) in [5.41, 5.74) is 0. The number of nitrogens with one attached hydrogen (secondary N) is 1. The molecule has 0 aromatic rings. The zero-order valence-electron chi connectivity index (χ0n) is 10.9. The van der Waals surface area contributed by atoms with E-state index in [4.69, 9.17) is 4.74 Å².